The van der Waals surface area contributed by atoms with E-state index in [4.69, 9.17) is 38.6 Å². The molecule has 0 atom stereocenters. The van der Waals surface area contributed by atoms with Gasteiger partial charge < -0.3 is 38.6 Å². The van der Waals surface area contributed by atoms with Gasteiger partial charge in [-0.15, -0.1) is 0 Å². The van der Waals surface area contributed by atoms with Gasteiger partial charge in [-0.25, -0.2) is 0 Å². The minimum absolute atomic E-state index is 0.0430. The zero-order chi connectivity index (χ0) is 37.6. The number of ether oxygens (including phenoxy) is 6. The summed E-state index contributed by atoms with van der Waals surface area (Å²) < 4.78 is 32.4. The van der Waals surface area contributed by atoms with Crippen LogP contribution < -0.4 is 0 Å². The SMILES string of the molecule is O=C1c2ccc3c4ccc5c6c(ccc(c7ccc(c2c37)C(=O)N1CCOCCOCCOCCO)c64)C(=O)N(CCOCCOCCOCCO)C5=O. The number of nitrogens with zero attached hydrogens (tertiary/aromatic N) is 2. The van der Waals surface area contributed by atoms with E-state index in [9.17, 15) is 19.2 Å². The van der Waals surface area contributed by atoms with Crippen molar-refractivity contribution in [1.82, 2.24) is 9.80 Å². The molecule has 2 aliphatic heterocycles. The van der Waals surface area contributed by atoms with Crippen molar-refractivity contribution >= 4 is 66.7 Å². The Kier molecular flexibility index (Phi) is 12.0. The molecule has 0 saturated carbocycles. The first kappa shape index (κ1) is 37.7. The Morgan fingerprint density at radius 3 is 0.889 bits per heavy atom. The maximum absolute atomic E-state index is 13.8. The molecule has 4 amide bonds. The van der Waals surface area contributed by atoms with E-state index in [0.29, 0.717) is 72.7 Å². The molecular weight excluding hydrogens is 700 g/mol. The van der Waals surface area contributed by atoms with Crippen molar-refractivity contribution in [3.8, 4) is 0 Å². The van der Waals surface area contributed by atoms with Crippen molar-refractivity contribution in [3.63, 3.8) is 0 Å². The number of aliphatic hydroxyl groups excluding tert-OH is 2. The third kappa shape index (κ3) is 7.14. The van der Waals surface area contributed by atoms with Crippen molar-refractivity contribution in [3.05, 3.63) is 70.8 Å². The Hall–Kier alpha value is -4.64. The fourth-order valence-corrected chi connectivity index (χ4v) is 7.30. The molecule has 0 fully saturated rings. The summed E-state index contributed by atoms with van der Waals surface area (Å²) in [5, 5.41) is 23.5. The molecular formula is C40H42N2O12. The number of fused-ring (bicyclic) bond motifs is 2. The van der Waals surface area contributed by atoms with Gasteiger partial charge in [-0.1, -0.05) is 24.3 Å². The topological polar surface area (TPSA) is 171 Å². The average Bonchev–Trinajstić information content (AvgIpc) is 3.19. The van der Waals surface area contributed by atoms with E-state index in [1.165, 1.54) is 9.80 Å². The summed E-state index contributed by atoms with van der Waals surface area (Å²) in [4.78, 5) is 57.5. The van der Waals surface area contributed by atoms with Crippen molar-refractivity contribution in [2.75, 3.05) is 106 Å². The average molecular weight is 743 g/mol. The third-order valence-electron chi connectivity index (χ3n) is 9.68. The molecule has 14 nitrogen and oxygen atoms in total. The molecule has 14 heteroatoms. The first-order valence-electron chi connectivity index (χ1n) is 18.1. The van der Waals surface area contributed by atoms with Crippen LogP contribution in [0.1, 0.15) is 41.4 Å². The summed E-state index contributed by atoms with van der Waals surface area (Å²) >= 11 is 0. The smallest absolute Gasteiger partial charge is 0.261 e. The lowest BCUT2D eigenvalue weighted by Crippen LogP contribution is -2.42. The highest BCUT2D eigenvalue weighted by atomic mass is 16.6. The highest BCUT2D eigenvalue weighted by Gasteiger charge is 2.36. The van der Waals surface area contributed by atoms with E-state index in [2.05, 4.69) is 0 Å². The number of aliphatic hydroxyl groups is 2. The fourth-order valence-electron chi connectivity index (χ4n) is 7.30. The molecule has 0 aliphatic carbocycles. The van der Waals surface area contributed by atoms with E-state index in [-0.39, 0.29) is 65.9 Å². The Labute approximate surface area is 310 Å². The number of amides is 4. The monoisotopic (exact) mass is 742 g/mol. The summed E-state index contributed by atoms with van der Waals surface area (Å²) in [5.74, 6) is -1.59. The first-order chi connectivity index (χ1) is 26.5. The molecule has 284 valence electrons. The van der Waals surface area contributed by atoms with Gasteiger partial charge in [0.05, 0.1) is 106 Å². The van der Waals surface area contributed by atoms with Crippen molar-refractivity contribution < 1.29 is 57.8 Å². The maximum atomic E-state index is 13.8. The van der Waals surface area contributed by atoms with Crippen LogP contribution in [0.2, 0.25) is 0 Å². The van der Waals surface area contributed by atoms with Crippen LogP contribution in [-0.2, 0) is 28.4 Å². The maximum Gasteiger partial charge on any atom is 0.261 e. The molecule has 2 aliphatic rings. The summed E-state index contributed by atoms with van der Waals surface area (Å²) in [6.45, 7) is 3.59. The van der Waals surface area contributed by atoms with Gasteiger partial charge in [-0.05, 0) is 56.6 Å². The van der Waals surface area contributed by atoms with Crippen LogP contribution in [-0.4, -0.2) is 149 Å². The predicted octanol–water partition coefficient (Wildman–Crippen LogP) is 3.01. The first-order valence-corrected chi connectivity index (χ1v) is 18.1. The summed E-state index contributed by atoms with van der Waals surface area (Å²) in [7, 11) is 0. The second-order valence-corrected chi connectivity index (χ2v) is 12.8. The summed E-state index contributed by atoms with van der Waals surface area (Å²) in [6, 6.07) is 14.5. The minimum atomic E-state index is -0.398. The predicted molar refractivity (Wildman–Crippen MR) is 197 cm³/mol. The van der Waals surface area contributed by atoms with Crippen LogP contribution in [0, 0.1) is 0 Å². The van der Waals surface area contributed by atoms with Gasteiger partial charge in [0, 0.05) is 33.0 Å². The normalized spacial score (nSPS) is 14.3. The van der Waals surface area contributed by atoms with Crippen molar-refractivity contribution in [2.45, 2.75) is 0 Å². The molecule has 5 aromatic rings. The highest BCUT2D eigenvalue weighted by Crippen LogP contribution is 2.46. The lowest BCUT2D eigenvalue weighted by Gasteiger charge is -2.30. The quantitative estimate of drug-likeness (QED) is 0.0461. The number of carbonyl (C=O) groups is 4. The highest BCUT2D eigenvalue weighted by molar-refractivity contribution is 6.41. The van der Waals surface area contributed by atoms with Crippen LogP contribution in [0.25, 0.3) is 43.1 Å². The molecule has 0 saturated heterocycles. The Morgan fingerprint density at radius 2 is 0.611 bits per heavy atom. The Bertz CT molecular complexity index is 1910. The summed E-state index contributed by atoms with van der Waals surface area (Å²) in [6.07, 6.45) is 0. The van der Waals surface area contributed by atoms with E-state index in [1.54, 1.807) is 24.3 Å². The van der Waals surface area contributed by atoms with E-state index >= 15 is 0 Å². The molecule has 7 rings (SSSR count). The van der Waals surface area contributed by atoms with Gasteiger partial charge in [0.25, 0.3) is 23.6 Å². The van der Waals surface area contributed by atoms with E-state index in [1.807, 2.05) is 24.3 Å². The molecule has 2 heterocycles. The van der Waals surface area contributed by atoms with Crippen LogP contribution in [0.4, 0.5) is 0 Å². The van der Waals surface area contributed by atoms with Gasteiger partial charge in [0.1, 0.15) is 0 Å². The second-order valence-electron chi connectivity index (χ2n) is 12.8. The Balaban J connectivity index is 1.08. The number of imide groups is 2. The standard InChI is InChI=1S/C40H42N2O12/c43-11-15-51-19-23-53-21-17-49-13-9-41-37(45)29-5-1-25-26-2-6-31-36-32(8-4-28(34(26)36)27-3-7-30(38(41)46)35(29)33(25)27)40(48)42(39(31)47)10-14-50-18-22-54-24-20-52-16-12-44/h1-8,43-44H,9-24H2. The summed E-state index contributed by atoms with van der Waals surface area (Å²) in [5.41, 5.74) is 1.69. The molecule has 0 radical (unpaired) electrons. The van der Waals surface area contributed by atoms with Gasteiger partial charge in [0.15, 0.2) is 0 Å². The second kappa shape index (κ2) is 17.2. The third-order valence-corrected chi connectivity index (χ3v) is 9.68. The zero-order valence-electron chi connectivity index (χ0n) is 29.8. The lowest BCUT2D eigenvalue weighted by molar-refractivity contribution is 0.00495. The number of hydrogen-bond donors (Lipinski definition) is 2. The van der Waals surface area contributed by atoms with Crippen molar-refractivity contribution in [1.29, 1.82) is 0 Å². The van der Waals surface area contributed by atoms with Gasteiger partial charge in [-0.3, -0.25) is 29.0 Å². The van der Waals surface area contributed by atoms with Crippen molar-refractivity contribution in [2.24, 2.45) is 0 Å². The lowest BCUT2D eigenvalue weighted by atomic mass is 9.82. The molecule has 0 bridgehead atoms. The largest absolute Gasteiger partial charge is 0.394 e. The van der Waals surface area contributed by atoms with E-state index in [0.717, 1.165) is 32.3 Å². The minimum Gasteiger partial charge on any atom is -0.394 e. The molecule has 0 spiro atoms. The van der Waals surface area contributed by atoms with E-state index < -0.39 is 23.6 Å². The van der Waals surface area contributed by atoms with Crippen LogP contribution in [0.15, 0.2) is 48.5 Å². The molecule has 5 aromatic carbocycles. The molecule has 2 N–H and O–H groups in total. The molecule has 54 heavy (non-hydrogen) atoms. The Morgan fingerprint density at radius 1 is 0.352 bits per heavy atom. The number of benzene rings is 5. The molecule has 0 aromatic heterocycles. The van der Waals surface area contributed by atoms with Gasteiger partial charge in [-0.2, -0.15) is 0 Å². The van der Waals surface area contributed by atoms with Crippen LogP contribution in [0.5, 0.6) is 0 Å². The van der Waals surface area contributed by atoms with Crippen LogP contribution >= 0.6 is 0 Å². The fraction of sp³-hybridized carbons (Fsp3) is 0.400. The number of carbonyl (C=O) groups excluding carboxylic acids is 4. The molecule has 0 unspecified atom stereocenters. The zero-order valence-corrected chi connectivity index (χ0v) is 29.8. The van der Waals surface area contributed by atoms with Crippen LogP contribution in [0.3, 0.4) is 0 Å². The van der Waals surface area contributed by atoms with Gasteiger partial charge >= 0.3 is 0 Å². The number of rotatable bonds is 22. The number of hydrogen-bond acceptors (Lipinski definition) is 12. The van der Waals surface area contributed by atoms with Gasteiger partial charge in [0.2, 0.25) is 0 Å².